The van der Waals surface area contributed by atoms with E-state index in [2.05, 4.69) is 5.32 Å². The third kappa shape index (κ3) is 3.41. The Labute approximate surface area is 123 Å². The average Bonchev–Trinajstić information content (AvgIpc) is 2.47. The summed E-state index contributed by atoms with van der Waals surface area (Å²) in [5.41, 5.74) is 0.0285. The Hall–Kier alpha value is -1.89. The normalized spacial score (nSPS) is 18.6. The number of hydrogen-bond acceptors (Lipinski definition) is 5. The molecule has 0 bridgehead atoms. The van der Waals surface area contributed by atoms with Gasteiger partial charge in [0.2, 0.25) is 0 Å². The lowest BCUT2D eigenvalue weighted by Gasteiger charge is -2.34. The van der Waals surface area contributed by atoms with Crippen LogP contribution in [-0.4, -0.2) is 38.7 Å². The summed E-state index contributed by atoms with van der Waals surface area (Å²) in [6, 6.07) is 2.37. The first kappa shape index (κ1) is 15.5. The van der Waals surface area contributed by atoms with Crippen LogP contribution in [0.5, 0.6) is 5.75 Å². The number of hydrogen-bond donors (Lipinski definition) is 1. The van der Waals surface area contributed by atoms with Crippen molar-refractivity contribution in [1.82, 2.24) is 5.32 Å². The van der Waals surface area contributed by atoms with Crippen LogP contribution >= 0.6 is 0 Å². The number of piperidine rings is 1. The molecule has 0 spiro atoms. The number of nitrogens with zero attached hydrogens (tertiary/aromatic N) is 2. The SMILES string of the molecule is CNCC1CCCN(c2cc(OC)c([N+](=O)[O-])cc2F)C1. The van der Waals surface area contributed by atoms with Crippen LogP contribution in [0, 0.1) is 21.8 Å². The van der Waals surface area contributed by atoms with Crippen LogP contribution in [0.4, 0.5) is 15.8 Å². The first-order chi connectivity index (χ1) is 10.1. The van der Waals surface area contributed by atoms with Gasteiger partial charge in [-0.3, -0.25) is 10.1 Å². The van der Waals surface area contributed by atoms with Gasteiger partial charge in [0.15, 0.2) is 11.6 Å². The molecule has 1 unspecified atom stereocenters. The largest absolute Gasteiger partial charge is 0.490 e. The van der Waals surface area contributed by atoms with Gasteiger partial charge < -0.3 is 15.0 Å². The van der Waals surface area contributed by atoms with Crippen LogP contribution in [0.1, 0.15) is 12.8 Å². The van der Waals surface area contributed by atoms with Gasteiger partial charge in [0.1, 0.15) is 0 Å². The van der Waals surface area contributed by atoms with Crippen molar-refractivity contribution in [1.29, 1.82) is 0 Å². The molecule has 0 aliphatic carbocycles. The van der Waals surface area contributed by atoms with Gasteiger partial charge >= 0.3 is 5.69 Å². The topological polar surface area (TPSA) is 67.6 Å². The molecule has 0 saturated carbocycles. The third-order valence-corrected chi connectivity index (χ3v) is 3.80. The van der Waals surface area contributed by atoms with Gasteiger partial charge in [0.05, 0.1) is 23.8 Å². The fraction of sp³-hybridized carbons (Fsp3) is 0.571. The molecule has 116 valence electrons. The van der Waals surface area contributed by atoms with Crippen molar-refractivity contribution in [3.8, 4) is 5.75 Å². The minimum Gasteiger partial charge on any atom is -0.490 e. The van der Waals surface area contributed by atoms with E-state index in [9.17, 15) is 14.5 Å². The van der Waals surface area contributed by atoms with Crippen LogP contribution in [0.25, 0.3) is 0 Å². The van der Waals surface area contributed by atoms with Gasteiger partial charge in [0.25, 0.3) is 0 Å². The van der Waals surface area contributed by atoms with E-state index in [0.717, 1.165) is 38.5 Å². The standard InChI is InChI=1S/C14H20FN3O3/c1-16-8-10-4-3-5-17(9-10)12-7-14(21-2)13(18(19)20)6-11(12)15/h6-7,10,16H,3-5,8-9H2,1-2H3. The Kier molecular flexibility index (Phi) is 4.95. The molecule has 1 atom stereocenters. The molecule has 1 aliphatic heterocycles. The molecule has 0 amide bonds. The van der Waals surface area contributed by atoms with E-state index in [1.54, 1.807) is 0 Å². The average molecular weight is 297 g/mol. The zero-order valence-electron chi connectivity index (χ0n) is 12.3. The maximum atomic E-state index is 14.2. The van der Waals surface area contributed by atoms with E-state index >= 15 is 0 Å². The molecule has 6 nitrogen and oxygen atoms in total. The first-order valence-corrected chi connectivity index (χ1v) is 6.98. The van der Waals surface area contributed by atoms with E-state index in [0.29, 0.717) is 11.6 Å². The Balaban J connectivity index is 2.28. The number of ether oxygens (including phenoxy) is 1. The summed E-state index contributed by atoms with van der Waals surface area (Å²) in [6.45, 7) is 2.36. The van der Waals surface area contributed by atoms with E-state index in [-0.39, 0.29) is 11.4 Å². The number of halogens is 1. The summed E-state index contributed by atoms with van der Waals surface area (Å²) in [4.78, 5) is 12.2. The van der Waals surface area contributed by atoms with Crippen molar-refractivity contribution >= 4 is 11.4 Å². The zero-order chi connectivity index (χ0) is 15.4. The highest BCUT2D eigenvalue weighted by Gasteiger charge is 2.25. The monoisotopic (exact) mass is 297 g/mol. The molecule has 1 aliphatic rings. The summed E-state index contributed by atoms with van der Waals surface area (Å²) in [6.07, 6.45) is 2.08. The highest BCUT2D eigenvalue weighted by atomic mass is 19.1. The minimum absolute atomic E-state index is 0.0899. The number of anilines is 1. The van der Waals surface area contributed by atoms with Crippen LogP contribution in [0.2, 0.25) is 0 Å². The van der Waals surface area contributed by atoms with Crippen molar-refractivity contribution in [2.24, 2.45) is 5.92 Å². The third-order valence-electron chi connectivity index (χ3n) is 3.80. The lowest BCUT2D eigenvalue weighted by Crippen LogP contribution is -2.39. The Bertz CT molecular complexity index is 522. The molecule has 0 aromatic heterocycles. The lowest BCUT2D eigenvalue weighted by atomic mass is 9.97. The van der Waals surface area contributed by atoms with E-state index in [1.165, 1.54) is 13.2 Å². The predicted molar refractivity (Wildman–Crippen MR) is 78.5 cm³/mol. The molecule has 1 aromatic carbocycles. The summed E-state index contributed by atoms with van der Waals surface area (Å²) >= 11 is 0. The summed E-state index contributed by atoms with van der Waals surface area (Å²) < 4.78 is 19.2. The molecule has 1 fully saturated rings. The quantitative estimate of drug-likeness (QED) is 0.666. The van der Waals surface area contributed by atoms with E-state index < -0.39 is 10.7 Å². The zero-order valence-corrected chi connectivity index (χ0v) is 12.3. The molecule has 0 radical (unpaired) electrons. The highest BCUT2D eigenvalue weighted by Crippen LogP contribution is 2.35. The van der Waals surface area contributed by atoms with E-state index in [4.69, 9.17) is 4.74 Å². The van der Waals surface area contributed by atoms with Gasteiger partial charge in [-0.25, -0.2) is 4.39 Å². The molecule has 2 rings (SSSR count). The van der Waals surface area contributed by atoms with Crippen LogP contribution < -0.4 is 15.0 Å². The van der Waals surface area contributed by atoms with Crippen molar-refractivity contribution in [3.63, 3.8) is 0 Å². The Morgan fingerprint density at radius 1 is 1.57 bits per heavy atom. The summed E-state index contributed by atoms with van der Waals surface area (Å²) in [7, 11) is 3.25. The molecule has 1 aromatic rings. The van der Waals surface area contributed by atoms with Crippen molar-refractivity contribution in [2.45, 2.75) is 12.8 Å². The molecule has 21 heavy (non-hydrogen) atoms. The fourth-order valence-electron chi connectivity index (χ4n) is 2.82. The number of nitrogens with one attached hydrogen (secondary N) is 1. The maximum absolute atomic E-state index is 14.2. The number of rotatable bonds is 5. The van der Waals surface area contributed by atoms with Gasteiger partial charge in [-0.1, -0.05) is 0 Å². The number of nitro groups is 1. The van der Waals surface area contributed by atoms with Crippen LogP contribution in [0.15, 0.2) is 12.1 Å². The van der Waals surface area contributed by atoms with Crippen LogP contribution in [0.3, 0.4) is 0 Å². The second-order valence-electron chi connectivity index (χ2n) is 5.24. The molecule has 1 heterocycles. The molecule has 1 saturated heterocycles. The van der Waals surface area contributed by atoms with Crippen molar-refractivity contribution < 1.29 is 14.1 Å². The van der Waals surface area contributed by atoms with E-state index in [1.807, 2.05) is 11.9 Å². The smallest absolute Gasteiger partial charge is 0.313 e. The molecule has 1 N–H and O–H groups in total. The lowest BCUT2D eigenvalue weighted by molar-refractivity contribution is -0.385. The van der Waals surface area contributed by atoms with Crippen molar-refractivity contribution in [3.05, 3.63) is 28.1 Å². The second-order valence-corrected chi connectivity index (χ2v) is 5.24. The number of benzene rings is 1. The first-order valence-electron chi connectivity index (χ1n) is 6.98. The Morgan fingerprint density at radius 3 is 2.95 bits per heavy atom. The fourth-order valence-corrected chi connectivity index (χ4v) is 2.82. The minimum atomic E-state index is -0.633. The maximum Gasteiger partial charge on any atom is 0.313 e. The highest BCUT2D eigenvalue weighted by molar-refractivity contribution is 5.60. The van der Waals surface area contributed by atoms with Crippen molar-refractivity contribution in [2.75, 3.05) is 38.7 Å². The van der Waals surface area contributed by atoms with Gasteiger partial charge in [-0.05, 0) is 32.4 Å². The number of methoxy groups -OCH3 is 1. The number of nitro benzene ring substituents is 1. The summed E-state index contributed by atoms with van der Waals surface area (Å²) in [5, 5.41) is 14.0. The second kappa shape index (κ2) is 6.71. The molecular formula is C14H20FN3O3. The summed E-state index contributed by atoms with van der Waals surface area (Å²) in [5.74, 6) is -0.0379. The predicted octanol–water partition coefficient (Wildman–Crippen LogP) is 2.18. The molecular weight excluding hydrogens is 277 g/mol. The van der Waals surface area contributed by atoms with Gasteiger partial charge in [-0.2, -0.15) is 0 Å². The van der Waals surface area contributed by atoms with Gasteiger partial charge in [-0.15, -0.1) is 0 Å². The van der Waals surface area contributed by atoms with Gasteiger partial charge in [0, 0.05) is 19.2 Å². The molecule has 7 heteroatoms. The van der Waals surface area contributed by atoms with Crippen LogP contribution in [-0.2, 0) is 0 Å². The Morgan fingerprint density at radius 2 is 2.33 bits per heavy atom.